The molecule has 0 saturated heterocycles. The summed E-state index contributed by atoms with van der Waals surface area (Å²) in [6.07, 6.45) is 1.63. The van der Waals surface area contributed by atoms with Gasteiger partial charge in [-0.25, -0.2) is 0 Å². The van der Waals surface area contributed by atoms with Gasteiger partial charge in [-0.2, -0.15) is 5.10 Å². The number of aromatic nitrogens is 2. The molecule has 3 aromatic rings. The summed E-state index contributed by atoms with van der Waals surface area (Å²) >= 11 is 0. The van der Waals surface area contributed by atoms with Crippen molar-refractivity contribution >= 4 is 5.91 Å². The predicted octanol–water partition coefficient (Wildman–Crippen LogP) is 5.80. The van der Waals surface area contributed by atoms with Crippen LogP contribution >= 0.6 is 0 Å². The molecule has 8 heteroatoms. The van der Waals surface area contributed by atoms with Crippen molar-refractivity contribution in [3.05, 3.63) is 58.3 Å². The smallest absolute Gasteiger partial charge is 0.273 e. The van der Waals surface area contributed by atoms with Crippen molar-refractivity contribution in [3.63, 3.8) is 0 Å². The number of methoxy groups -OCH3 is 1. The van der Waals surface area contributed by atoms with Crippen LogP contribution in [-0.2, 0) is 4.74 Å². The van der Waals surface area contributed by atoms with Gasteiger partial charge in [0.15, 0.2) is 11.5 Å². The molecule has 1 aromatic heterocycles. The quantitative estimate of drug-likeness (QED) is 0.292. The number of aromatic hydroxyl groups is 1. The van der Waals surface area contributed by atoms with Gasteiger partial charge in [-0.3, -0.25) is 9.89 Å². The number of ether oxygens (including phenoxy) is 3. The number of benzene rings is 2. The van der Waals surface area contributed by atoms with Crippen molar-refractivity contribution < 1.29 is 24.1 Å². The molecule has 38 heavy (non-hydrogen) atoms. The monoisotopic (exact) mass is 521 g/mol. The van der Waals surface area contributed by atoms with Crippen LogP contribution in [0.4, 0.5) is 0 Å². The number of aryl methyl sites for hydroxylation is 2. The van der Waals surface area contributed by atoms with Crippen LogP contribution in [-0.4, -0.2) is 59.6 Å². The minimum atomic E-state index is -0.410. The fraction of sp³-hybridized carbons (Fsp3) is 0.467. The summed E-state index contributed by atoms with van der Waals surface area (Å²) in [5.74, 6) is 1.91. The third-order valence-electron chi connectivity index (χ3n) is 6.85. The maximum Gasteiger partial charge on any atom is 0.273 e. The largest absolute Gasteiger partial charge is 0.507 e. The van der Waals surface area contributed by atoms with Crippen LogP contribution in [0.15, 0.2) is 30.3 Å². The first-order chi connectivity index (χ1) is 18.3. The van der Waals surface area contributed by atoms with Crippen molar-refractivity contribution in [2.24, 2.45) is 5.92 Å². The standard InChI is InChI=1S/C30H39N3O5/c1-7-37-24-17-21(9-10-23(24)38-14-11-18(2)3)28-25-26(22-16-19(4)15-20(5)29(22)34)31-32-27(25)30(35)33(28)12-8-13-36-6/h9-10,15-18,28,34H,7-8,11-14H2,1-6H3,(H,31,32). The molecule has 2 N–H and O–H groups in total. The first-order valence-corrected chi connectivity index (χ1v) is 13.3. The number of fused-ring (bicyclic) bond motifs is 1. The number of carbonyl (C=O) groups excluding carboxylic acids is 1. The van der Waals surface area contributed by atoms with Gasteiger partial charge in [-0.1, -0.05) is 26.0 Å². The molecule has 204 valence electrons. The normalized spacial score (nSPS) is 14.9. The lowest BCUT2D eigenvalue weighted by Gasteiger charge is -2.27. The van der Waals surface area contributed by atoms with Gasteiger partial charge in [0.05, 0.1) is 19.3 Å². The van der Waals surface area contributed by atoms with Crippen LogP contribution < -0.4 is 9.47 Å². The van der Waals surface area contributed by atoms with Crippen LogP contribution in [0.5, 0.6) is 17.2 Å². The second kappa shape index (κ2) is 11.9. The van der Waals surface area contributed by atoms with Crippen LogP contribution in [0, 0.1) is 19.8 Å². The minimum Gasteiger partial charge on any atom is -0.507 e. The highest BCUT2D eigenvalue weighted by Crippen LogP contribution is 2.46. The zero-order valence-corrected chi connectivity index (χ0v) is 23.3. The second-order valence-corrected chi connectivity index (χ2v) is 10.3. The molecule has 0 saturated carbocycles. The molecule has 1 aliphatic rings. The molecule has 2 aromatic carbocycles. The van der Waals surface area contributed by atoms with E-state index in [1.807, 2.05) is 56.0 Å². The zero-order valence-electron chi connectivity index (χ0n) is 23.3. The Bertz CT molecular complexity index is 1280. The topological polar surface area (TPSA) is 96.9 Å². The molecule has 0 spiro atoms. The molecule has 1 aliphatic heterocycles. The van der Waals surface area contributed by atoms with Gasteiger partial charge < -0.3 is 24.2 Å². The van der Waals surface area contributed by atoms with Crippen molar-refractivity contribution in [3.8, 4) is 28.5 Å². The van der Waals surface area contributed by atoms with Gasteiger partial charge in [0.1, 0.15) is 17.1 Å². The van der Waals surface area contributed by atoms with Crippen molar-refractivity contribution in [2.45, 2.75) is 53.5 Å². The summed E-state index contributed by atoms with van der Waals surface area (Å²) in [4.78, 5) is 15.5. The number of aromatic amines is 1. The fourth-order valence-corrected chi connectivity index (χ4v) is 4.99. The van der Waals surface area contributed by atoms with E-state index in [1.165, 1.54) is 0 Å². The summed E-state index contributed by atoms with van der Waals surface area (Å²) in [6.45, 7) is 12.3. The number of nitrogens with zero attached hydrogens (tertiary/aromatic N) is 2. The summed E-state index contributed by atoms with van der Waals surface area (Å²) in [5.41, 5.74) is 5.03. The molecular weight excluding hydrogens is 482 g/mol. The van der Waals surface area contributed by atoms with Crippen LogP contribution in [0.3, 0.4) is 0 Å². The third-order valence-corrected chi connectivity index (χ3v) is 6.85. The van der Waals surface area contributed by atoms with Crippen LogP contribution in [0.2, 0.25) is 0 Å². The lowest BCUT2D eigenvalue weighted by Crippen LogP contribution is -2.31. The highest BCUT2D eigenvalue weighted by molar-refractivity contribution is 6.00. The molecule has 2 heterocycles. The van der Waals surface area contributed by atoms with Crippen LogP contribution in [0.25, 0.3) is 11.3 Å². The zero-order chi connectivity index (χ0) is 27.4. The summed E-state index contributed by atoms with van der Waals surface area (Å²) in [5, 5.41) is 18.5. The third kappa shape index (κ3) is 5.50. The first kappa shape index (κ1) is 27.5. The number of phenolic OH excluding ortho intramolecular Hbond substituents is 1. The molecule has 4 rings (SSSR count). The van der Waals surface area contributed by atoms with E-state index in [0.29, 0.717) is 67.2 Å². The number of nitrogens with one attached hydrogen (secondary N) is 1. The second-order valence-electron chi connectivity index (χ2n) is 10.3. The lowest BCUT2D eigenvalue weighted by molar-refractivity contribution is 0.0723. The van der Waals surface area contributed by atoms with Gasteiger partial charge in [0.25, 0.3) is 5.91 Å². The molecule has 0 fully saturated rings. The molecule has 8 nitrogen and oxygen atoms in total. The maximum absolute atomic E-state index is 13.6. The number of hydrogen-bond acceptors (Lipinski definition) is 6. The maximum atomic E-state index is 13.6. The fourth-order valence-electron chi connectivity index (χ4n) is 4.99. The minimum absolute atomic E-state index is 0.126. The van der Waals surface area contributed by atoms with E-state index in [0.717, 1.165) is 28.7 Å². The molecule has 0 aliphatic carbocycles. The number of phenols is 1. The molecular formula is C30H39N3O5. The summed E-state index contributed by atoms with van der Waals surface area (Å²) in [6, 6.07) is 9.30. The van der Waals surface area contributed by atoms with Gasteiger partial charge in [-0.15, -0.1) is 0 Å². The Kier molecular flexibility index (Phi) is 8.62. The molecule has 0 radical (unpaired) electrons. The van der Waals surface area contributed by atoms with Gasteiger partial charge in [0.2, 0.25) is 0 Å². The van der Waals surface area contributed by atoms with E-state index in [4.69, 9.17) is 14.2 Å². The number of carbonyl (C=O) groups is 1. The number of H-pyrrole nitrogens is 1. The lowest BCUT2D eigenvalue weighted by atomic mass is 9.94. The van der Waals surface area contributed by atoms with Gasteiger partial charge in [0, 0.05) is 31.4 Å². The van der Waals surface area contributed by atoms with E-state index in [9.17, 15) is 9.90 Å². The van der Waals surface area contributed by atoms with Crippen molar-refractivity contribution in [1.29, 1.82) is 0 Å². The Morgan fingerprint density at radius 2 is 1.89 bits per heavy atom. The average molecular weight is 522 g/mol. The number of hydrogen-bond donors (Lipinski definition) is 2. The molecule has 1 amide bonds. The summed E-state index contributed by atoms with van der Waals surface area (Å²) < 4.78 is 17.3. The van der Waals surface area contributed by atoms with Crippen molar-refractivity contribution in [2.75, 3.05) is 33.5 Å². The van der Waals surface area contributed by atoms with E-state index in [2.05, 4.69) is 24.0 Å². The van der Waals surface area contributed by atoms with Gasteiger partial charge in [-0.05, 0) is 74.4 Å². The Labute approximate surface area is 224 Å². The Morgan fingerprint density at radius 1 is 1.11 bits per heavy atom. The average Bonchev–Trinajstić information content (AvgIpc) is 3.41. The number of rotatable bonds is 12. The molecule has 0 bridgehead atoms. The molecule has 1 unspecified atom stereocenters. The number of amides is 1. The van der Waals surface area contributed by atoms with Crippen molar-refractivity contribution in [1.82, 2.24) is 15.1 Å². The van der Waals surface area contributed by atoms with Gasteiger partial charge >= 0.3 is 0 Å². The predicted molar refractivity (Wildman–Crippen MR) is 147 cm³/mol. The Hall–Kier alpha value is -3.52. The summed E-state index contributed by atoms with van der Waals surface area (Å²) in [7, 11) is 1.66. The van der Waals surface area contributed by atoms with E-state index in [1.54, 1.807) is 7.11 Å². The van der Waals surface area contributed by atoms with E-state index in [-0.39, 0.29) is 11.7 Å². The Balaban J connectivity index is 1.81. The SMILES string of the molecule is CCOc1cc(C2c3c(-c4cc(C)cc(C)c4O)n[nH]c3C(=O)N2CCCOC)ccc1OCCC(C)C. The highest BCUT2D eigenvalue weighted by Gasteiger charge is 2.42. The van der Waals surface area contributed by atoms with E-state index < -0.39 is 6.04 Å². The Morgan fingerprint density at radius 3 is 2.61 bits per heavy atom. The van der Waals surface area contributed by atoms with E-state index >= 15 is 0 Å². The highest BCUT2D eigenvalue weighted by atomic mass is 16.5. The van der Waals surface area contributed by atoms with Crippen LogP contribution in [0.1, 0.15) is 72.4 Å². The first-order valence-electron chi connectivity index (χ1n) is 13.3. The molecule has 1 atom stereocenters.